The van der Waals surface area contributed by atoms with E-state index in [1.807, 2.05) is 13.8 Å². The third-order valence-corrected chi connectivity index (χ3v) is 4.02. The summed E-state index contributed by atoms with van der Waals surface area (Å²) < 4.78 is 0. The van der Waals surface area contributed by atoms with E-state index in [9.17, 15) is 4.79 Å². The molecule has 22 heavy (non-hydrogen) atoms. The highest BCUT2D eigenvalue weighted by atomic mass is 127. The number of hydrogen-bond donors (Lipinski definition) is 2. The lowest BCUT2D eigenvalue weighted by atomic mass is 9.93. The average Bonchev–Trinajstić information content (AvgIpc) is 2.81. The Balaban J connectivity index is 0.00000441. The highest BCUT2D eigenvalue weighted by molar-refractivity contribution is 14.0. The minimum absolute atomic E-state index is 0. The number of halogens is 1. The second-order valence-electron chi connectivity index (χ2n) is 7.15. The van der Waals surface area contributed by atoms with Crippen LogP contribution in [0.5, 0.6) is 0 Å². The van der Waals surface area contributed by atoms with Crippen molar-refractivity contribution >= 4 is 35.8 Å². The van der Waals surface area contributed by atoms with Crippen LogP contribution < -0.4 is 11.1 Å². The van der Waals surface area contributed by atoms with Crippen LogP contribution in [0, 0.1) is 17.3 Å². The van der Waals surface area contributed by atoms with Gasteiger partial charge in [-0.1, -0.05) is 13.8 Å². The maximum absolute atomic E-state index is 11.4. The van der Waals surface area contributed by atoms with Crippen molar-refractivity contribution in [3.8, 4) is 0 Å². The van der Waals surface area contributed by atoms with Crippen LogP contribution in [0.3, 0.4) is 0 Å². The Kier molecular flexibility index (Phi) is 9.34. The van der Waals surface area contributed by atoms with Crippen LogP contribution in [-0.2, 0) is 4.79 Å². The van der Waals surface area contributed by atoms with Gasteiger partial charge in [-0.05, 0) is 45.4 Å². The van der Waals surface area contributed by atoms with Crippen molar-refractivity contribution in [2.24, 2.45) is 28.0 Å². The minimum atomic E-state index is -0.599. The fourth-order valence-corrected chi connectivity index (χ4v) is 2.66. The monoisotopic (exact) mass is 424 g/mol. The van der Waals surface area contributed by atoms with E-state index < -0.39 is 5.41 Å². The highest BCUT2D eigenvalue weighted by Gasteiger charge is 2.28. The van der Waals surface area contributed by atoms with Gasteiger partial charge in [0.25, 0.3) is 0 Å². The minimum Gasteiger partial charge on any atom is -0.369 e. The Bertz CT molecular complexity index is 382. The van der Waals surface area contributed by atoms with Crippen LogP contribution in [0.2, 0.25) is 0 Å². The molecule has 1 unspecified atom stereocenters. The zero-order chi connectivity index (χ0) is 16.0. The number of primary amides is 1. The van der Waals surface area contributed by atoms with Gasteiger partial charge >= 0.3 is 0 Å². The second kappa shape index (κ2) is 9.57. The van der Waals surface area contributed by atoms with Gasteiger partial charge in [0.05, 0.1) is 12.0 Å². The van der Waals surface area contributed by atoms with Crippen molar-refractivity contribution in [1.82, 2.24) is 10.2 Å². The van der Waals surface area contributed by atoms with Gasteiger partial charge in [-0.15, -0.1) is 24.0 Å². The number of carbonyl (C=O) groups is 1. The zero-order valence-corrected chi connectivity index (χ0v) is 17.0. The predicted molar refractivity (Wildman–Crippen MR) is 104 cm³/mol. The Morgan fingerprint density at radius 3 is 2.59 bits per heavy atom. The van der Waals surface area contributed by atoms with Crippen LogP contribution in [0.15, 0.2) is 4.99 Å². The molecule has 0 aromatic carbocycles. The maximum atomic E-state index is 11.4. The van der Waals surface area contributed by atoms with E-state index >= 15 is 0 Å². The van der Waals surface area contributed by atoms with E-state index in [2.05, 4.69) is 36.0 Å². The van der Waals surface area contributed by atoms with E-state index in [0.717, 1.165) is 37.4 Å². The molecule has 130 valence electrons. The van der Waals surface area contributed by atoms with E-state index in [1.54, 1.807) is 0 Å². The molecule has 5 nitrogen and oxygen atoms in total. The smallest absolute Gasteiger partial charge is 0.224 e. The first-order valence-electron chi connectivity index (χ1n) is 8.09. The quantitative estimate of drug-likeness (QED) is 0.391. The number of guanidine groups is 1. The molecule has 0 aromatic rings. The van der Waals surface area contributed by atoms with Gasteiger partial charge < -0.3 is 16.0 Å². The Morgan fingerprint density at radius 2 is 2.09 bits per heavy atom. The molecule has 1 saturated heterocycles. The summed E-state index contributed by atoms with van der Waals surface area (Å²) in [5.74, 6) is 2.10. The molecule has 1 heterocycles. The summed E-state index contributed by atoms with van der Waals surface area (Å²) in [6, 6.07) is 0. The number of carbonyl (C=O) groups excluding carboxylic acids is 1. The lowest BCUT2D eigenvalue weighted by molar-refractivity contribution is -0.125. The molecule has 0 bridgehead atoms. The van der Waals surface area contributed by atoms with E-state index in [1.165, 1.54) is 12.8 Å². The van der Waals surface area contributed by atoms with Crippen LogP contribution in [0.1, 0.15) is 47.5 Å². The second-order valence-corrected chi connectivity index (χ2v) is 7.15. The molecule has 1 atom stereocenters. The van der Waals surface area contributed by atoms with Crippen LogP contribution in [0.25, 0.3) is 0 Å². The topological polar surface area (TPSA) is 70.7 Å². The molecule has 0 aromatic heterocycles. The van der Waals surface area contributed by atoms with Crippen LogP contribution in [-0.4, -0.2) is 42.9 Å². The maximum Gasteiger partial charge on any atom is 0.224 e. The summed E-state index contributed by atoms with van der Waals surface area (Å²) in [5, 5.41) is 3.33. The Labute approximate surface area is 152 Å². The first kappa shape index (κ1) is 21.5. The Morgan fingerprint density at radius 1 is 1.45 bits per heavy atom. The van der Waals surface area contributed by atoms with E-state index in [0.29, 0.717) is 6.54 Å². The number of amides is 1. The number of nitrogens with two attached hydrogens (primary N) is 1. The largest absolute Gasteiger partial charge is 0.369 e. The van der Waals surface area contributed by atoms with Crippen molar-refractivity contribution in [2.45, 2.75) is 47.5 Å². The summed E-state index contributed by atoms with van der Waals surface area (Å²) in [7, 11) is 0. The van der Waals surface area contributed by atoms with Gasteiger partial charge in [0.2, 0.25) is 5.91 Å². The molecule has 0 saturated carbocycles. The summed E-state index contributed by atoms with van der Waals surface area (Å²) in [6.07, 6.45) is 2.49. The standard InChI is InChI=1S/C16H32N4O.HI/c1-6-18-15(19-11-16(4,5)14(17)21)20-8-7-13(10-20)9-12(2)3;/h12-13H,6-11H2,1-5H3,(H2,17,21)(H,18,19);1H. The molecule has 1 amide bonds. The van der Waals surface area contributed by atoms with Crippen LogP contribution in [0.4, 0.5) is 0 Å². The van der Waals surface area contributed by atoms with Crippen molar-refractivity contribution in [1.29, 1.82) is 0 Å². The SMILES string of the molecule is CCNC(=NCC(C)(C)C(N)=O)N1CCC(CC(C)C)C1.I. The van der Waals surface area contributed by atoms with Gasteiger partial charge in [-0.25, -0.2) is 0 Å². The molecule has 0 radical (unpaired) electrons. The third-order valence-electron chi connectivity index (χ3n) is 4.02. The summed E-state index contributed by atoms with van der Waals surface area (Å²) in [5.41, 5.74) is 4.82. The number of nitrogens with one attached hydrogen (secondary N) is 1. The molecular formula is C16H33IN4O. The van der Waals surface area contributed by atoms with E-state index in [4.69, 9.17) is 5.73 Å². The molecule has 1 aliphatic rings. The van der Waals surface area contributed by atoms with Crippen LogP contribution >= 0.6 is 24.0 Å². The fourth-order valence-electron chi connectivity index (χ4n) is 2.66. The molecule has 1 aliphatic heterocycles. The Hall–Kier alpha value is -0.530. The first-order chi connectivity index (χ1) is 9.76. The van der Waals surface area contributed by atoms with Gasteiger partial charge in [0.15, 0.2) is 5.96 Å². The number of likely N-dealkylation sites (tertiary alicyclic amines) is 1. The summed E-state index contributed by atoms with van der Waals surface area (Å²) in [4.78, 5) is 18.4. The lowest BCUT2D eigenvalue weighted by Gasteiger charge is -2.24. The number of hydrogen-bond acceptors (Lipinski definition) is 2. The zero-order valence-electron chi connectivity index (χ0n) is 14.7. The molecule has 3 N–H and O–H groups in total. The molecule has 1 rings (SSSR count). The lowest BCUT2D eigenvalue weighted by Crippen LogP contribution is -2.42. The molecule has 0 spiro atoms. The average molecular weight is 424 g/mol. The van der Waals surface area contributed by atoms with Crippen molar-refractivity contribution < 1.29 is 4.79 Å². The summed E-state index contributed by atoms with van der Waals surface area (Å²) in [6.45, 7) is 13.7. The molecule has 1 fully saturated rings. The van der Waals surface area contributed by atoms with Gasteiger partial charge in [0.1, 0.15) is 0 Å². The van der Waals surface area contributed by atoms with Gasteiger partial charge in [-0.2, -0.15) is 0 Å². The van der Waals surface area contributed by atoms with Gasteiger partial charge in [-0.3, -0.25) is 9.79 Å². The molecular weight excluding hydrogens is 391 g/mol. The first-order valence-corrected chi connectivity index (χ1v) is 8.09. The predicted octanol–water partition coefficient (Wildman–Crippen LogP) is 2.45. The van der Waals surface area contributed by atoms with E-state index in [-0.39, 0.29) is 29.9 Å². The van der Waals surface area contributed by atoms with Crippen molar-refractivity contribution in [3.63, 3.8) is 0 Å². The van der Waals surface area contributed by atoms with Gasteiger partial charge in [0, 0.05) is 19.6 Å². The fraction of sp³-hybridized carbons (Fsp3) is 0.875. The molecule has 6 heteroatoms. The molecule has 0 aliphatic carbocycles. The number of aliphatic imine (C=N–C) groups is 1. The highest BCUT2D eigenvalue weighted by Crippen LogP contribution is 2.23. The normalized spacial score (nSPS) is 19.3. The van der Waals surface area contributed by atoms with Crippen molar-refractivity contribution in [3.05, 3.63) is 0 Å². The number of nitrogens with zero attached hydrogens (tertiary/aromatic N) is 2. The van der Waals surface area contributed by atoms with Crippen molar-refractivity contribution in [2.75, 3.05) is 26.2 Å². The third kappa shape index (κ3) is 6.71. The summed E-state index contributed by atoms with van der Waals surface area (Å²) >= 11 is 0. The number of rotatable bonds is 6.